The summed E-state index contributed by atoms with van der Waals surface area (Å²) >= 11 is 11.8. The van der Waals surface area contributed by atoms with Crippen molar-refractivity contribution in [1.82, 2.24) is 4.57 Å². The Kier molecular flexibility index (Phi) is 4.60. The molecule has 24 heavy (non-hydrogen) atoms. The number of hydrogen-bond acceptors (Lipinski definition) is 2. The lowest BCUT2D eigenvalue weighted by Crippen LogP contribution is -2.20. The van der Waals surface area contributed by atoms with Crippen LogP contribution >= 0.6 is 23.2 Å². The van der Waals surface area contributed by atoms with Gasteiger partial charge in [-0.3, -0.25) is 9.59 Å². The number of halogens is 2. The van der Waals surface area contributed by atoms with Crippen molar-refractivity contribution in [2.75, 3.05) is 5.32 Å². The number of hydrogen-bond donors (Lipinski definition) is 1. The predicted molar refractivity (Wildman–Crippen MR) is 98.0 cm³/mol. The van der Waals surface area contributed by atoms with E-state index in [1.165, 1.54) is 6.07 Å². The van der Waals surface area contributed by atoms with Crippen molar-refractivity contribution >= 4 is 45.7 Å². The molecule has 2 aromatic carbocycles. The number of pyridine rings is 1. The van der Waals surface area contributed by atoms with E-state index in [9.17, 15) is 9.59 Å². The minimum Gasteiger partial charge on any atom is -0.338 e. The molecule has 0 saturated heterocycles. The summed E-state index contributed by atoms with van der Waals surface area (Å²) in [6.45, 7) is 2.01. The van der Waals surface area contributed by atoms with E-state index in [0.29, 0.717) is 21.1 Å². The summed E-state index contributed by atoms with van der Waals surface area (Å²) in [5.74, 6) is -0.223. The van der Waals surface area contributed by atoms with E-state index in [2.05, 4.69) is 5.32 Å². The van der Waals surface area contributed by atoms with E-state index in [4.69, 9.17) is 23.2 Å². The Labute approximate surface area is 148 Å². The molecule has 0 bridgehead atoms. The maximum Gasteiger partial charge on any atom is 0.244 e. The van der Waals surface area contributed by atoms with Crippen LogP contribution in [0.15, 0.2) is 53.5 Å². The second-order valence-corrected chi connectivity index (χ2v) is 6.32. The number of nitrogens with zero attached hydrogens (tertiary/aromatic N) is 1. The van der Waals surface area contributed by atoms with Gasteiger partial charge < -0.3 is 9.88 Å². The maximum absolute atomic E-state index is 12.3. The van der Waals surface area contributed by atoms with Gasteiger partial charge in [0.25, 0.3) is 0 Å². The molecule has 0 aliphatic rings. The van der Waals surface area contributed by atoms with E-state index in [-0.39, 0.29) is 17.9 Å². The normalized spacial score (nSPS) is 10.8. The van der Waals surface area contributed by atoms with Gasteiger partial charge in [0.2, 0.25) is 5.91 Å². The van der Waals surface area contributed by atoms with Crippen LogP contribution in [0.25, 0.3) is 10.9 Å². The molecule has 3 rings (SSSR count). The SMILES string of the molecule is Cc1ccc2c(c1)c(=O)ccn2CC(=O)Nc1ccc(Cl)c(Cl)c1. The first-order valence-corrected chi connectivity index (χ1v) is 8.04. The first-order chi connectivity index (χ1) is 11.4. The Hall–Kier alpha value is -2.30. The fourth-order valence-electron chi connectivity index (χ4n) is 2.49. The Morgan fingerprint density at radius 2 is 1.88 bits per heavy atom. The van der Waals surface area contributed by atoms with Gasteiger partial charge in [-0.2, -0.15) is 0 Å². The third-order valence-corrected chi connectivity index (χ3v) is 4.39. The van der Waals surface area contributed by atoms with Crippen LogP contribution in [-0.4, -0.2) is 10.5 Å². The summed E-state index contributed by atoms with van der Waals surface area (Å²) < 4.78 is 1.74. The maximum atomic E-state index is 12.3. The average molecular weight is 361 g/mol. The van der Waals surface area contributed by atoms with Crippen LogP contribution < -0.4 is 10.7 Å². The monoisotopic (exact) mass is 360 g/mol. The lowest BCUT2D eigenvalue weighted by Gasteiger charge is -2.12. The second kappa shape index (κ2) is 6.67. The molecular weight excluding hydrogens is 347 g/mol. The molecule has 0 fully saturated rings. The fourth-order valence-corrected chi connectivity index (χ4v) is 2.79. The average Bonchev–Trinajstić information content (AvgIpc) is 2.54. The molecular formula is C18H14Cl2N2O2. The first-order valence-electron chi connectivity index (χ1n) is 7.29. The molecule has 0 aliphatic carbocycles. The fraction of sp³-hybridized carbons (Fsp3) is 0.111. The predicted octanol–water partition coefficient (Wildman–Crippen LogP) is 4.26. The summed E-state index contributed by atoms with van der Waals surface area (Å²) in [6, 6.07) is 11.9. The minimum atomic E-state index is -0.223. The largest absolute Gasteiger partial charge is 0.338 e. The Bertz CT molecular complexity index is 996. The number of amides is 1. The lowest BCUT2D eigenvalue weighted by atomic mass is 10.1. The van der Waals surface area contributed by atoms with Crippen molar-refractivity contribution in [3.05, 3.63) is 74.5 Å². The van der Waals surface area contributed by atoms with E-state index < -0.39 is 0 Å². The number of aromatic nitrogens is 1. The molecule has 1 heterocycles. The summed E-state index contributed by atoms with van der Waals surface area (Å²) in [5.41, 5.74) is 2.22. The van der Waals surface area contributed by atoms with Crippen LogP contribution in [0.4, 0.5) is 5.69 Å². The summed E-state index contributed by atoms with van der Waals surface area (Å²) in [5, 5.41) is 4.17. The highest BCUT2D eigenvalue weighted by Crippen LogP contribution is 2.25. The molecule has 122 valence electrons. The van der Waals surface area contributed by atoms with Crippen LogP contribution in [0, 0.1) is 6.92 Å². The van der Waals surface area contributed by atoms with Crippen LogP contribution in [0.3, 0.4) is 0 Å². The van der Waals surface area contributed by atoms with Crippen LogP contribution in [0.2, 0.25) is 10.0 Å². The van der Waals surface area contributed by atoms with Gasteiger partial charge in [0.15, 0.2) is 5.43 Å². The van der Waals surface area contributed by atoms with E-state index in [1.54, 1.807) is 29.0 Å². The van der Waals surface area contributed by atoms with Gasteiger partial charge in [0.1, 0.15) is 6.54 Å². The zero-order valence-corrected chi connectivity index (χ0v) is 14.4. The lowest BCUT2D eigenvalue weighted by molar-refractivity contribution is -0.116. The molecule has 1 amide bonds. The summed E-state index contributed by atoms with van der Waals surface area (Å²) in [7, 11) is 0. The number of carbonyl (C=O) groups is 1. The molecule has 1 aromatic heterocycles. The van der Waals surface area contributed by atoms with Crippen molar-refractivity contribution in [3.63, 3.8) is 0 Å². The van der Waals surface area contributed by atoms with Crippen LogP contribution in [0.1, 0.15) is 5.56 Å². The van der Waals surface area contributed by atoms with E-state index in [1.807, 2.05) is 25.1 Å². The first kappa shape index (κ1) is 16.6. The molecule has 0 unspecified atom stereocenters. The van der Waals surface area contributed by atoms with Gasteiger partial charge in [0.05, 0.1) is 15.6 Å². The van der Waals surface area contributed by atoms with Gasteiger partial charge in [-0.25, -0.2) is 0 Å². The van der Waals surface area contributed by atoms with Crippen LogP contribution in [-0.2, 0) is 11.3 Å². The third kappa shape index (κ3) is 3.45. The third-order valence-electron chi connectivity index (χ3n) is 3.65. The molecule has 0 spiro atoms. The molecule has 0 aliphatic heterocycles. The molecule has 0 radical (unpaired) electrons. The van der Waals surface area contributed by atoms with E-state index >= 15 is 0 Å². The minimum absolute atomic E-state index is 0.0603. The number of fused-ring (bicyclic) bond motifs is 1. The van der Waals surface area contributed by atoms with Gasteiger partial charge >= 0.3 is 0 Å². The highest BCUT2D eigenvalue weighted by molar-refractivity contribution is 6.42. The Balaban J connectivity index is 1.87. The smallest absolute Gasteiger partial charge is 0.244 e. The quantitative estimate of drug-likeness (QED) is 0.758. The zero-order chi connectivity index (χ0) is 17.3. The number of benzene rings is 2. The number of anilines is 1. The van der Waals surface area contributed by atoms with Gasteiger partial charge in [-0.1, -0.05) is 34.8 Å². The Morgan fingerprint density at radius 3 is 2.62 bits per heavy atom. The van der Waals surface area contributed by atoms with Crippen molar-refractivity contribution in [1.29, 1.82) is 0 Å². The molecule has 3 aromatic rings. The van der Waals surface area contributed by atoms with Crippen LogP contribution in [0.5, 0.6) is 0 Å². The van der Waals surface area contributed by atoms with Gasteiger partial charge in [0, 0.05) is 23.3 Å². The van der Waals surface area contributed by atoms with Gasteiger partial charge in [-0.05, 0) is 37.3 Å². The Morgan fingerprint density at radius 1 is 1.08 bits per heavy atom. The van der Waals surface area contributed by atoms with E-state index in [0.717, 1.165) is 11.1 Å². The summed E-state index contributed by atoms with van der Waals surface area (Å²) in [4.78, 5) is 24.3. The highest BCUT2D eigenvalue weighted by atomic mass is 35.5. The van der Waals surface area contributed by atoms with Gasteiger partial charge in [-0.15, -0.1) is 0 Å². The topological polar surface area (TPSA) is 51.1 Å². The second-order valence-electron chi connectivity index (χ2n) is 5.51. The molecule has 4 nitrogen and oxygen atoms in total. The number of aryl methyl sites for hydroxylation is 1. The molecule has 6 heteroatoms. The molecule has 1 N–H and O–H groups in total. The standard InChI is InChI=1S/C18H14Cl2N2O2/c1-11-2-5-16-13(8-11)17(23)6-7-22(16)10-18(24)21-12-3-4-14(19)15(20)9-12/h2-9H,10H2,1H3,(H,21,24). The van der Waals surface area contributed by atoms with Crippen molar-refractivity contribution < 1.29 is 4.79 Å². The number of rotatable bonds is 3. The van der Waals surface area contributed by atoms with Crippen molar-refractivity contribution in [3.8, 4) is 0 Å². The number of carbonyl (C=O) groups excluding carboxylic acids is 1. The highest BCUT2D eigenvalue weighted by Gasteiger charge is 2.08. The zero-order valence-electron chi connectivity index (χ0n) is 12.8. The molecule has 0 atom stereocenters. The summed E-state index contributed by atoms with van der Waals surface area (Å²) in [6.07, 6.45) is 1.62. The van der Waals surface area contributed by atoms with Crippen molar-refractivity contribution in [2.45, 2.75) is 13.5 Å². The molecule has 0 saturated carbocycles. The number of nitrogens with one attached hydrogen (secondary N) is 1. The van der Waals surface area contributed by atoms with Crippen molar-refractivity contribution in [2.24, 2.45) is 0 Å².